The predicted octanol–water partition coefficient (Wildman–Crippen LogP) is 5.02. The molecule has 0 aliphatic carbocycles. The Bertz CT molecular complexity index is 1150. The van der Waals surface area contributed by atoms with Crippen LogP contribution in [0.15, 0.2) is 36.5 Å². The van der Waals surface area contributed by atoms with Crippen LogP contribution in [0.25, 0.3) is 16.9 Å². The number of rotatable bonds is 2. The van der Waals surface area contributed by atoms with Crippen molar-refractivity contribution in [3.63, 3.8) is 0 Å². The van der Waals surface area contributed by atoms with Crippen molar-refractivity contribution >= 4 is 29.0 Å². The van der Waals surface area contributed by atoms with Crippen molar-refractivity contribution < 1.29 is 13.9 Å². The Morgan fingerprint density at radius 1 is 1.16 bits per heavy atom. The zero-order valence-electron chi connectivity index (χ0n) is 18.8. The van der Waals surface area contributed by atoms with Crippen molar-refractivity contribution in [1.82, 2.24) is 19.5 Å². The van der Waals surface area contributed by atoms with Gasteiger partial charge < -0.3 is 9.64 Å². The minimum atomic E-state index is -0.563. The minimum Gasteiger partial charge on any atom is -0.444 e. The number of halogens is 2. The Morgan fingerprint density at radius 2 is 1.84 bits per heavy atom. The van der Waals surface area contributed by atoms with E-state index in [1.54, 1.807) is 33.8 Å². The lowest BCUT2D eigenvalue weighted by atomic mass is 10.1. The number of amides is 1. The highest BCUT2D eigenvalue weighted by Gasteiger charge is 2.36. The lowest BCUT2D eigenvalue weighted by molar-refractivity contribution is 0.00563. The van der Waals surface area contributed by atoms with Gasteiger partial charge in [0.25, 0.3) is 0 Å². The van der Waals surface area contributed by atoms with Gasteiger partial charge in [-0.3, -0.25) is 4.90 Å². The SMILES string of the molecule is C[C@@H]1CN(c2ccc(-c3cnc4ccc(Cl)nn34)cc2F)C[C@H](C)N1C(=O)OC(C)(C)C. The van der Waals surface area contributed by atoms with Gasteiger partial charge in [0.2, 0.25) is 0 Å². The van der Waals surface area contributed by atoms with Crippen LogP contribution in [-0.2, 0) is 4.74 Å². The molecule has 2 atom stereocenters. The van der Waals surface area contributed by atoms with E-state index < -0.39 is 5.60 Å². The second-order valence-electron chi connectivity index (χ2n) is 9.23. The molecule has 3 aromatic rings. The Hall–Kier alpha value is -2.87. The number of nitrogens with zero attached hydrogens (tertiary/aromatic N) is 5. The number of imidazole rings is 1. The summed E-state index contributed by atoms with van der Waals surface area (Å²) in [5.41, 5.74) is 1.88. The van der Waals surface area contributed by atoms with Gasteiger partial charge in [-0.2, -0.15) is 5.10 Å². The fourth-order valence-electron chi connectivity index (χ4n) is 4.16. The van der Waals surface area contributed by atoms with E-state index in [-0.39, 0.29) is 24.0 Å². The molecule has 2 aromatic heterocycles. The second-order valence-corrected chi connectivity index (χ2v) is 9.61. The van der Waals surface area contributed by atoms with Gasteiger partial charge in [0.15, 0.2) is 5.65 Å². The van der Waals surface area contributed by atoms with Crippen LogP contribution in [0.2, 0.25) is 5.15 Å². The highest BCUT2D eigenvalue weighted by molar-refractivity contribution is 6.29. The standard InChI is InChI=1S/C23H27ClFN5O2/c1-14-12-28(13-15(2)29(14)22(31)32-23(3,4)5)18-7-6-16(10-17(18)25)19-11-26-21-9-8-20(24)27-30(19)21/h6-11,14-15H,12-13H2,1-5H3/t14-,15+. The summed E-state index contributed by atoms with van der Waals surface area (Å²) in [6, 6.07) is 8.26. The molecule has 3 heterocycles. The van der Waals surface area contributed by atoms with E-state index in [9.17, 15) is 4.79 Å². The summed E-state index contributed by atoms with van der Waals surface area (Å²) in [6.45, 7) is 10.5. The number of benzene rings is 1. The molecule has 0 spiro atoms. The Balaban J connectivity index is 1.56. The molecule has 1 saturated heterocycles. The van der Waals surface area contributed by atoms with Crippen molar-refractivity contribution in [2.45, 2.75) is 52.3 Å². The average Bonchev–Trinajstić information content (AvgIpc) is 3.08. The van der Waals surface area contributed by atoms with Crippen LogP contribution in [0.1, 0.15) is 34.6 Å². The lowest BCUT2D eigenvalue weighted by Crippen LogP contribution is -2.59. The van der Waals surface area contributed by atoms with Crippen LogP contribution in [0, 0.1) is 5.82 Å². The number of carbonyl (C=O) groups is 1. The third-order valence-corrected chi connectivity index (χ3v) is 5.64. The Kier molecular flexibility index (Phi) is 5.75. The normalized spacial score (nSPS) is 19.5. The van der Waals surface area contributed by atoms with E-state index in [0.29, 0.717) is 40.8 Å². The molecule has 0 saturated carbocycles. The van der Waals surface area contributed by atoms with Crippen molar-refractivity contribution in [2.75, 3.05) is 18.0 Å². The topological polar surface area (TPSA) is 63.0 Å². The molecule has 0 bridgehead atoms. The van der Waals surface area contributed by atoms with Gasteiger partial charge >= 0.3 is 6.09 Å². The quantitative estimate of drug-likeness (QED) is 0.538. The zero-order valence-corrected chi connectivity index (χ0v) is 19.6. The Labute approximate surface area is 191 Å². The van der Waals surface area contributed by atoms with Crippen LogP contribution in [0.3, 0.4) is 0 Å². The zero-order chi connectivity index (χ0) is 23.2. The van der Waals surface area contributed by atoms with Gasteiger partial charge in [-0.15, -0.1) is 0 Å². The smallest absolute Gasteiger partial charge is 0.410 e. The molecule has 1 aromatic carbocycles. The number of hydrogen-bond donors (Lipinski definition) is 0. The van der Waals surface area contributed by atoms with E-state index in [1.165, 1.54) is 6.07 Å². The summed E-state index contributed by atoms with van der Waals surface area (Å²) in [6.07, 6.45) is 1.31. The lowest BCUT2D eigenvalue weighted by Gasteiger charge is -2.45. The van der Waals surface area contributed by atoms with Crippen LogP contribution in [0.5, 0.6) is 0 Å². The van der Waals surface area contributed by atoms with Crippen molar-refractivity contribution in [3.8, 4) is 11.3 Å². The number of piperazine rings is 1. The van der Waals surface area contributed by atoms with Crippen LogP contribution in [-0.4, -0.2) is 56.4 Å². The fourth-order valence-corrected chi connectivity index (χ4v) is 4.30. The highest BCUT2D eigenvalue weighted by atomic mass is 35.5. The number of carbonyl (C=O) groups excluding carboxylic acids is 1. The number of anilines is 1. The first kappa shape index (κ1) is 22.3. The highest BCUT2D eigenvalue weighted by Crippen LogP contribution is 2.30. The van der Waals surface area contributed by atoms with E-state index in [4.69, 9.17) is 16.3 Å². The summed E-state index contributed by atoms with van der Waals surface area (Å²) >= 11 is 6.01. The first-order valence-corrected chi connectivity index (χ1v) is 11.0. The summed E-state index contributed by atoms with van der Waals surface area (Å²) in [5, 5.41) is 4.59. The maximum Gasteiger partial charge on any atom is 0.410 e. The third kappa shape index (κ3) is 4.37. The van der Waals surface area contributed by atoms with Gasteiger partial charge in [0.1, 0.15) is 16.6 Å². The maximum absolute atomic E-state index is 15.2. The van der Waals surface area contributed by atoms with E-state index in [0.717, 1.165) is 0 Å². The molecule has 7 nitrogen and oxygen atoms in total. The maximum atomic E-state index is 15.2. The number of aromatic nitrogens is 3. The summed E-state index contributed by atoms with van der Waals surface area (Å²) < 4.78 is 22.4. The first-order valence-electron chi connectivity index (χ1n) is 10.6. The Morgan fingerprint density at radius 3 is 2.47 bits per heavy atom. The molecule has 9 heteroatoms. The summed E-state index contributed by atoms with van der Waals surface area (Å²) in [4.78, 5) is 20.7. The van der Waals surface area contributed by atoms with E-state index in [2.05, 4.69) is 10.1 Å². The van der Waals surface area contributed by atoms with E-state index in [1.807, 2.05) is 45.6 Å². The molecule has 0 radical (unpaired) electrons. The molecular weight excluding hydrogens is 433 g/mol. The molecule has 0 N–H and O–H groups in total. The van der Waals surface area contributed by atoms with Gasteiger partial charge in [0, 0.05) is 18.7 Å². The average molecular weight is 460 g/mol. The van der Waals surface area contributed by atoms with Gasteiger partial charge in [-0.1, -0.05) is 17.7 Å². The van der Waals surface area contributed by atoms with Crippen LogP contribution in [0.4, 0.5) is 14.9 Å². The number of ether oxygens (including phenoxy) is 1. The van der Waals surface area contributed by atoms with Crippen LogP contribution < -0.4 is 4.90 Å². The monoisotopic (exact) mass is 459 g/mol. The largest absolute Gasteiger partial charge is 0.444 e. The molecule has 0 unspecified atom stereocenters. The van der Waals surface area contributed by atoms with Gasteiger partial charge in [0.05, 0.1) is 29.7 Å². The van der Waals surface area contributed by atoms with Gasteiger partial charge in [-0.05, 0) is 58.9 Å². The van der Waals surface area contributed by atoms with Crippen molar-refractivity contribution in [3.05, 3.63) is 47.5 Å². The van der Waals surface area contributed by atoms with Crippen molar-refractivity contribution in [1.29, 1.82) is 0 Å². The summed E-state index contributed by atoms with van der Waals surface area (Å²) in [5.74, 6) is -0.343. The third-order valence-electron chi connectivity index (χ3n) is 5.44. The second kappa shape index (κ2) is 8.24. The predicted molar refractivity (Wildman–Crippen MR) is 123 cm³/mol. The van der Waals surface area contributed by atoms with Crippen molar-refractivity contribution in [2.24, 2.45) is 0 Å². The molecule has 32 heavy (non-hydrogen) atoms. The molecule has 4 rings (SSSR count). The molecule has 170 valence electrons. The first-order chi connectivity index (χ1) is 15.0. The molecule has 1 aliphatic rings. The minimum absolute atomic E-state index is 0.127. The number of hydrogen-bond acceptors (Lipinski definition) is 5. The molecule has 1 fully saturated rings. The summed E-state index contributed by atoms with van der Waals surface area (Å²) in [7, 11) is 0. The van der Waals surface area contributed by atoms with Gasteiger partial charge in [-0.25, -0.2) is 18.7 Å². The molecule has 1 amide bonds. The molecular formula is C23H27ClFN5O2. The molecule has 1 aliphatic heterocycles. The number of fused-ring (bicyclic) bond motifs is 1. The van der Waals surface area contributed by atoms with E-state index >= 15 is 4.39 Å². The fraction of sp³-hybridized carbons (Fsp3) is 0.435. The van der Waals surface area contributed by atoms with Crippen LogP contribution >= 0.6 is 11.6 Å².